The Morgan fingerprint density at radius 1 is 1.35 bits per heavy atom. The van der Waals surface area contributed by atoms with Crippen molar-refractivity contribution in [1.82, 2.24) is 4.98 Å². The highest BCUT2D eigenvalue weighted by Gasteiger charge is 2.11. The molecule has 0 radical (unpaired) electrons. The lowest BCUT2D eigenvalue weighted by atomic mass is 9.98. The molecule has 2 nitrogen and oxygen atoms in total. The lowest BCUT2D eigenvalue weighted by molar-refractivity contribution is 0.646. The predicted octanol–water partition coefficient (Wildman–Crippen LogP) is 3.39. The van der Waals surface area contributed by atoms with Crippen LogP contribution in [-0.4, -0.2) is 4.98 Å². The molecule has 3 heteroatoms. The zero-order chi connectivity index (χ0) is 12.3. The van der Waals surface area contributed by atoms with Crippen LogP contribution in [0.1, 0.15) is 36.7 Å². The summed E-state index contributed by atoms with van der Waals surface area (Å²) in [7, 11) is 0. The van der Waals surface area contributed by atoms with Gasteiger partial charge in [0.2, 0.25) is 0 Å². The monoisotopic (exact) mass is 246 g/mol. The van der Waals surface area contributed by atoms with Crippen molar-refractivity contribution in [3.05, 3.63) is 52.0 Å². The summed E-state index contributed by atoms with van der Waals surface area (Å²) in [6.45, 7) is 4.46. The van der Waals surface area contributed by atoms with Crippen molar-refractivity contribution < 1.29 is 0 Å². The van der Waals surface area contributed by atoms with Gasteiger partial charge >= 0.3 is 0 Å². The van der Waals surface area contributed by atoms with Gasteiger partial charge in [-0.3, -0.25) is 0 Å². The Hall–Kier alpha value is -1.19. The van der Waals surface area contributed by atoms with Crippen LogP contribution in [0.2, 0.25) is 0 Å². The van der Waals surface area contributed by atoms with E-state index in [1.807, 2.05) is 10.9 Å². The summed E-state index contributed by atoms with van der Waals surface area (Å²) in [6, 6.07) is 8.42. The van der Waals surface area contributed by atoms with Crippen LogP contribution in [-0.2, 0) is 6.42 Å². The molecule has 0 saturated heterocycles. The highest BCUT2D eigenvalue weighted by atomic mass is 32.1. The largest absolute Gasteiger partial charge is 0.319 e. The lowest BCUT2D eigenvalue weighted by Crippen LogP contribution is -2.12. The van der Waals surface area contributed by atoms with Crippen molar-refractivity contribution >= 4 is 11.3 Å². The van der Waals surface area contributed by atoms with E-state index in [-0.39, 0.29) is 6.04 Å². The Bertz CT molecular complexity index is 463. The maximum Gasteiger partial charge on any atom is 0.0795 e. The zero-order valence-electron chi connectivity index (χ0n) is 10.3. The second-order valence-corrected chi connectivity index (χ2v) is 5.45. The van der Waals surface area contributed by atoms with Crippen molar-refractivity contribution in [1.29, 1.82) is 0 Å². The molecule has 0 bridgehead atoms. The molecular formula is C14H18N2S. The van der Waals surface area contributed by atoms with Gasteiger partial charge in [-0.25, -0.2) is 4.98 Å². The average Bonchev–Trinajstić information content (AvgIpc) is 2.81. The molecule has 2 rings (SSSR count). The van der Waals surface area contributed by atoms with Crippen LogP contribution in [0, 0.1) is 5.92 Å². The molecule has 0 fully saturated rings. The Morgan fingerprint density at radius 3 is 2.82 bits per heavy atom. The minimum atomic E-state index is -0.103. The Balaban J connectivity index is 2.21. The van der Waals surface area contributed by atoms with Crippen LogP contribution in [0.5, 0.6) is 0 Å². The topological polar surface area (TPSA) is 38.9 Å². The minimum Gasteiger partial charge on any atom is -0.319 e. The van der Waals surface area contributed by atoms with Crippen LogP contribution in [0.15, 0.2) is 35.2 Å². The van der Waals surface area contributed by atoms with Crippen LogP contribution in [0.25, 0.3) is 0 Å². The van der Waals surface area contributed by atoms with E-state index in [0.717, 1.165) is 17.7 Å². The number of rotatable bonds is 4. The summed E-state index contributed by atoms with van der Waals surface area (Å²) in [6.07, 6.45) is 1.09. The van der Waals surface area contributed by atoms with Gasteiger partial charge in [0.25, 0.3) is 0 Å². The predicted molar refractivity (Wildman–Crippen MR) is 73.1 cm³/mol. The van der Waals surface area contributed by atoms with E-state index in [2.05, 4.69) is 43.1 Å². The second-order valence-electron chi connectivity index (χ2n) is 4.73. The van der Waals surface area contributed by atoms with Gasteiger partial charge < -0.3 is 5.73 Å². The second kappa shape index (κ2) is 5.43. The van der Waals surface area contributed by atoms with Crippen LogP contribution in [0.3, 0.4) is 0 Å². The highest BCUT2D eigenvalue weighted by molar-refractivity contribution is 7.07. The maximum absolute atomic E-state index is 6.20. The standard InChI is InChI=1S/C14H18N2S/c1-10(2)6-11-4-3-5-12(7-11)14(15)13-8-17-9-16-13/h3-5,7-10,14H,6,15H2,1-2H3. The number of aromatic nitrogens is 1. The van der Waals surface area contributed by atoms with E-state index in [0.29, 0.717) is 5.92 Å². The van der Waals surface area contributed by atoms with E-state index in [4.69, 9.17) is 5.73 Å². The van der Waals surface area contributed by atoms with Crippen molar-refractivity contribution in [3.8, 4) is 0 Å². The molecule has 2 aromatic rings. The molecule has 1 atom stereocenters. The van der Waals surface area contributed by atoms with Gasteiger partial charge in [0.1, 0.15) is 0 Å². The molecule has 0 spiro atoms. The zero-order valence-corrected chi connectivity index (χ0v) is 11.1. The Labute approximate surface area is 107 Å². The Kier molecular flexibility index (Phi) is 3.92. The fraction of sp³-hybridized carbons (Fsp3) is 0.357. The molecule has 17 heavy (non-hydrogen) atoms. The molecule has 0 aliphatic carbocycles. The van der Waals surface area contributed by atoms with Crippen LogP contribution in [0.4, 0.5) is 0 Å². The van der Waals surface area contributed by atoms with Gasteiger partial charge in [-0.15, -0.1) is 11.3 Å². The van der Waals surface area contributed by atoms with E-state index in [1.54, 1.807) is 11.3 Å². The van der Waals surface area contributed by atoms with Crippen LogP contribution < -0.4 is 5.73 Å². The Morgan fingerprint density at radius 2 is 2.18 bits per heavy atom. The molecule has 1 heterocycles. The molecule has 2 N–H and O–H groups in total. The van der Waals surface area contributed by atoms with Crippen LogP contribution >= 0.6 is 11.3 Å². The molecule has 90 valence electrons. The molecule has 1 aromatic carbocycles. The lowest BCUT2D eigenvalue weighted by Gasteiger charge is -2.12. The summed E-state index contributed by atoms with van der Waals surface area (Å²) in [5.74, 6) is 0.667. The molecule has 0 saturated carbocycles. The third kappa shape index (κ3) is 3.14. The van der Waals surface area contributed by atoms with E-state index >= 15 is 0 Å². The summed E-state index contributed by atoms with van der Waals surface area (Å²) in [5.41, 5.74) is 11.5. The molecule has 1 unspecified atom stereocenters. The van der Waals surface area contributed by atoms with Crippen molar-refractivity contribution in [2.24, 2.45) is 11.7 Å². The SMILES string of the molecule is CC(C)Cc1cccc(C(N)c2cscn2)c1. The molecule has 0 aliphatic heterocycles. The maximum atomic E-state index is 6.20. The molecule has 0 amide bonds. The third-order valence-corrected chi connectivity index (χ3v) is 3.33. The van der Waals surface area contributed by atoms with Crippen molar-refractivity contribution in [2.75, 3.05) is 0 Å². The van der Waals surface area contributed by atoms with Crippen molar-refractivity contribution in [3.63, 3.8) is 0 Å². The summed E-state index contributed by atoms with van der Waals surface area (Å²) >= 11 is 1.59. The summed E-state index contributed by atoms with van der Waals surface area (Å²) in [4.78, 5) is 4.28. The van der Waals surface area contributed by atoms with Gasteiger partial charge in [0.05, 0.1) is 17.2 Å². The number of nitrogens with zero attached hydrogens (tertiary/aromatic N) is 1. The average molecular weight is 246 g/mol. The fourth-order valence-electron chi connectivity index (χ4n) is 1.93. The van der Waals surface area contributed by atoms with E-state index in [9.17, 15) is 0 Å². The summed E-state index contributed by atoms with van der Waals surface area (Å²) < 4.78 is 0. The first-order chi connectivity index (χ1) is 8.16. The fourth-order valence-corrected chi connectivity index (χ4v) is 2.52. The first kappa shape index (κ1) is 12.3. The van der Waals surface area contributed by atoms with E-state index < -0.39 is 0 Å². The number of nitrogens with two attached hydrogens (primary N) is 1. The van der Waals surface area contributed by atoms with Crippen molar-refractivity contribution in [2.45, 2.75) is 26.3 Å². The molecular weight excluding hydrogens is 228 g/mol. The summed E-state index contributed by atoms with van der Waals surface area (Å²) in [5, 5.41) is 2.01. The molecule has 1 aromatic heterocycles. The number of hydrogen-bond donors (Lipinski definition) is 1. The smallest absolute Gasteiger partial charge is 0.0795 e. The minimum absolute atomic E-state index is 0.103. The first-order valence-electron chi connectivity index (χ1n) is 5.89. The number of benzene rings is 1. The normalized spacial score (nSPS) is 12.9. The van der Waals surface area contributed by atoms with Gasteiger partial charge in [0, 0.05) is 5.38 Å². The van der Waals surface area contributed by atoms with Gasteiger partial charge in [-0.1, -0.05) is 38.1 Å². The third-order valence-electron chi connectivity index (χ3n) is 2.72. The van der Waals surface area contributed by atoms with Gasteiger partial charge in [-0.05, 0) is 23.5 Å². The number of thiazole rings is 1. The number of hydrogen-bond acceptors (Lipinski definition) is 3. The quantitative estimate of drug-likeness (QED) is 0.898. The highest BCUT2D eigenvalue weighted by Crippen LogP contribution is 2.21. The van der Waals surface area contributed by atoms with Gasteiger partial charge in [0.15, 0.2) is 0 Å². The van der Waals surface area contributed by atoms with E-state index in [1.165, 1.54) is 5.56 Å². The molecule has 0 aliphatic rings. The first-order valence-corrected chi connectivity index (χ1v) is 6.83. The van der Waals surface area contributed by atoms with Gasteiger partial charge in [-0.2, -0.15) is 0 Å².